The highest BCUT2D eigenvalue weighted by atomic mass is 16.6. The van der Waals surface area contributed by atoms with Gasteiger partial charge in [-0.05, 0) is 40.2 Å². The van der Waals surface area contributed by atoms with Gasteiger partial charge in [0.2, 0.25) is 0 Å². The molecule has 0 aromatic carbocycles. The fraction of sp³-hybridized carbons (Fsp3) is 0.467. The molecule has 136 valence electrons. The zero-order chi connectivity index (χ0) is 19.4. The number of hydrogen-bond acceptors (Lipinski definition) is 8. The molecule has 1 aromatic rings. The third kappa shape index (κ3) is 5.23. The van der Waals surface area contributed by atoms with E-state index >= 15 is 0 Å². The van der Waals surface area contributed by atoms with Gasteiger partial charge in [-0.3, -0.25) is 14.9 Å². The van der Waals surface area contributed by atoms with E-state index in [1.165, 1.54) is 13.8 Å². The van der Waals surface area contributed by atoms with E-state index in [9.17, 15) is 24.5 Å². The molecule has 0 N–H and O–H groups in total. The van der Waals surface area contributed by atoms with Gasteiger partial charge >= 0.3 is 18.0 Å². The number of aryl methyl sites for hydroxylation is 1. The molecule has 0 radical (unpaired) electrons. The smallest absolute Gasteiger partial charge is 0.423 e. The van der Waals surface area contributed by atoms with Crippen molar-refractivity contribution in [3.05, 3.63) is 27.9 Å². The Bertz CT molecular complexity index is 710. The molecule has 10 nitrogen and oxygen atoms in total. The predicted molar refractivity (Wildman–Crippen MR) is 86.0 cm³/mol. The highest BCUT2D eigenvalue weighted by Gasteiger charge is 2.36. The van der Waals surface area contributed by atoms with Crippen molar-refractivity contribution in [1.29, 1.82) is 0 Å². The van der Waals surface area contributed by atoms with Gasteiger partial charge in [0.05, 0.1) is 11.5 Å². The Morgan fingerprint density at radius 3 is 2.36 bits per heavy atom. The Morgan fingerprint density at radius 2 is 1.92 bits per heavy atom. The molecule has 0 aliphatic rings. The summed E-state index contributed by atoms with van der Waals surface area (Å²) in [5, 5.41) is 10.8. The lowest BCUT2D eigenvalue weighted by molar-refractivity contribution is -0.385. The van der Waals surface area contributed by atoms with Crippen molar-refractivity contribution in [2.45, 2.75) is 40.2 Å². The molecule has 2 amide bonds. The molecule has 0 saturated carbocycles. The average Bonchev–Trinajstić information content (AvgIpc) is 2.47. The molecule has 0 unspecified atom stereocenters. The second-order valence-electron chi connectivity index (χ2n) is 5.93. The van der Waals surface area contributed by atoms with Crippen LogP contribution in [-0.2, 0) is 19.1 Å². The Kier molecular flexibility index (Phi) is 6.15. The highest BCUT2D eigenvalue weighted by Crippen LogP contribution is 2.24. The van der Waals surface area contributed by atoms with Crippen LogP contribution < -0.4 is 4.90 Å². The van der Waals surface area contributed by atoms with E-state index < -0.39 is 28.5 Å². The van der Waals surface area contributed by atoms with Crippen LogP contribution in [0.5, 0.6) is 0 Å². The van der Waals surface area contributed by atoms with Crippen molar-refractivity contribution in [2.75, 3.05) is 11.5 Å². The highest BCUT2D eigenvalue weighted by molar-refractivity contribution is 6.42. The number of ether oxygens (including phenoxy) is 2. The Balaban J connectivity index is 3.36. The SMILES string of the molecule is CCOC(=O)C(=O)N(C(=O)OC(C)(C)C)c1ncc([N+](=O)[O-])cc1C. The molecule has 25 heavy (non-hydrogen) atoms. The van der Waals surface area contributed by atoms with Crippen LogP contribution >= 0.6 is 0 Å². The van der Waals surface area contributed by atoms with Gasteiger partial charge in [-0.25, -0.2) is 14.6 Å². The lowest BCUT2D eigenvalue weighted by Crippen LogP contribution is -2.45. The van der Waals surface area contributed by atoms with Gasteiger partial charge in [-0.1, -0.05) is 0 Å². The first-order chi connectivity index (χ1) is 11.5. The predicted octanol–water partition coefficient (Wildman–Crippen LogP) is 2.13. The van der Waals surface area contributed by atoms with Crippen LogP contribution in [0.2, 0.25) is 0 Å². The molecule has 0 spiro atoms. The summed E-state index contributed by atoms with van der Waals surface area (Å²) in [6.45, 7) is 7.57. The number of pyridine rings is 1. The summed E-state index contributed by atoms with van der Waals surface area (Å²) in [5.74, 6) is -2.83. The monoisotopic (exact) mass is 353 g/mol. The maximum atomic E-state index is 12.4. The van der Waals surface area contributed by atoms with Crippen LogP contribution in [0.15, 0.2) is 12.3 Å². The molecule has 0 bridgehead atoms. The minimum atomic E-state index is -1.31. The molecule has 0 saturated heterocycles. The Morgan fingerprint density at radius 1 is 1.32 bits per heavy atom. The number of amides is 2. The van der Waals surface area contributed by atoms with Crippen molar-refractivity contribution < 1.29 is 28.8 Å². The van der Waals surface area contributed by atoms with E-state index in [0.29, 0.717) is 4.90 Å². The van der Waals surface area contributed by atoms with Crippen LogP contribution in [0.4, 0.5) is 16.3 Å². The third-order valence-electron chi connectivity index (χ3n) is 2.69. The van der Waals surface area contributed by atoms with Gasteiger partial charge in [0.15, 0.2) is 0 Å². The standard InChI is InChI=1S/C15H19N3O7/c1-6-24-13(20)12(19)17(14(21)25-15(3,4)5)11-9(2)7-10(8-16-11)18(22)23/h7-8H,6H2,1-5H3. The molecule has 0 aliphatic heterocycles. The van der Waals surface area contributed by atoms with Gasteiger partial charge in [0.25, 0.3) is 5.69 Å². The quantitative estimate of drug-likeness (QED) is 0.350. The number of carbonyl (C=O) groups is 3. The number of anilines is 1. The first-order valence-electron chi connectivity index (χ1n) is 7.33. The number of esters is 1. The van der Waals surface area contributed by atoms with Crippen LogP contribution in [0.1, 0.15) is 33.3 Å². The number of rotatable bonds is 3. The Labute approximate surface area is 143 Å². The summed E-state index contributed by atoms with van der Waals surface area (Å²) in [5.41, 5.74) is -1.13. The molecule has 10 heteroatoms. The molecular weight excluding hydrogens is 334 g/mol. The minimum absolute atomic E-state index is 0.0700. The van der Waals surface area contributed by atoms with Crippen molar-refractivity contribution >= 4 is 29.5 Å². The minimum Gasteiger partial charge on any atom is -0.459 e. The number of aromatic nitrogens is 1. The molecular formula is C15H19N3O7. The summed E-state index contributed by atoms with van der Waals surface area (Å²) in [6, 6.07) is 1.12. The van der Waals surface area contributed by atoms with E-state index in [1.807, 2.05) is 0 Å². The van der Waals surface area contributed by atoms with Gasteiger partial charge in [-0.15, -0.1) is 0 Å². The first-order valence-corrected chi connectivity index (χ1v) is 7.33. The second kappa shape index (κ2) is 7.69. The summed E-state index contributed by atoms with van der Waals surface area (Å²) in [6.07, 6.45) is -0.270. The van der Waals surface area contributed by atoms with E-state index in [0.717, 1.165) is 12.3 Å². The second-order valence-corrected chi connectivity index (χ2v) is 5.93. The summed E-state index contributed by atoms with van der Waals surface area (Å²) < 4.78 is 9.74. The van der Waals surface area contributed by atoms with E-state index in [4.69, 9.17) is 4.74 Å². The zero-order valence-corrected chi connectivity index (χ0v) is 14.6. The fourth-order valence-electron chi connectivity index (χ4n) is 1.74. The number of nitrogens with zero attached hydrogens (tertiary/aromatic N) is 3. The van der Waals surface area contributed by atoms with Crippen LogP contribution in [0.3, 0.4) is 0 Å². The summed E-state index contributed by atoms with van der Waals surface area (Å²) in [7, 11) is 0. The molecule has 1 aromatic heterocycles. The summed E-state index contributed by atoms with van der Waals surface area (Å²) in [4.78, 5) is 50.8. The van der Waals surface area contributed by atoms with Crippen molar-refractivity contribution in [1.82, 2.24) is 4.98 Å². The molecule has 1 heterocycles. The van der Waals surface area contributed by atoms with Gasteiger partial charge in [0, 0.05) is 6.07 Å². The number of hydrogen-bond donors (Lipinski definition) is 0. The number of imide groups is 1. The van der Waals surface area contributed by atoms with E-state index in [1.54, 1.807) is 20.8 Å². The summed E-state index contributed by atoms with van der Waals surface area (Å²) >= 11 is 0. The lowest BCUT2D eigenvalue weighted by Gasteiger charge is -2.25. The largest absolute Gasteiger partial charge is 0.459 e. The number of nitro groups is 1. The third-order valence-corrected chi connectivity index (χ3v) is 2.69. The molecule has 1 rings (SSSR count). The Hall–Kier alpha value is -3.04. The average molecular weight is 353 g/mol. The van der Waals surface area contributed by atoms with Crippen LogP contribution in [0, 0.1) is 17.0 Å². The van der Waals surface area contributed by atoms with Gasteiger partial charge in [-0.2, -0.15) is 4.90 Å². The molecule has 0 fully saturated rings. The maximum absolute atomic E-state index is 12.4. The van der Waals surface area contributed by atoms with Gasteiger partial charge in [0.1, 0.15) is 17.6 Å². The van der Waals surface area contributed by atoms with Gasteiger partial charge < -0.3 is 9.47 Å². The maximum Gasteiger partial charge on any atom is 0.423 e. The first kappa shape index (κ1) is 20.0. The zero-order valence-electron chi connectivity index (χ0n) is 14.6. The topological polar surface area (TPSA) is 129 Å². The number of carbonyl (C=O) groups excluding carboxylic acids is 3. The normalized spacial score (nSPS) is 10.8. The fourth-order valence-corrected chi connectivity index (χ4v) is 1.74. The van der Waals surface area contributed by atoms with E-state index in [-0.39, 0.29) is 23.7 Å². The molecule has 0 aliphatic carbocycles. The van der Waals surface area contributed by atoms with Crippen molar-refractivity contribution in [2.24, 2.45) is 0 Å². The molecule has 0 atom stereocenters. The van der Waals surface area contributed by atoms with Crippen LogP contribution in [0.25, 0.3) is 0 Å². The van der Waals surface area contributed by atoms with Crippen molar-refractivity contribution in [3.63, 3.8) is 0 Å². The van der Waals surface area contributed by atoms with Crippen molar-refractivity contribution in [3.8, 4) is 0 Å². The van der Waals surface area contributed by atoms with Crippen LogP contribution in [-0.4, -0.2) is 40.1 Å². The lowest BCUT2D eigenvalue weighted by atomic mass is 10.2. The van der Waals surface area contributed by atoms with E-state index in [2.05, 4.69) is 9.72 Å².